The summed E-state index contributed by atoms with van der Waals surface area (Å²) in [4.78, 5) is 11.8. The van der Waals surface area contributed by atoms with E-state index < -0.39 is 17.2 Å². The fourth-order valence-electron chi connectivity index (χ4n) is 2.48. The molecule has 0 aromatic rings. The van der Waals surface area contributed by atoms with Crippen molar-refractivity contribution < 1.29 is 14.6 Å². The molecule has 1 saturated carbocycles. The molecule has 1 aliphatic rings. The van der Waals surface area contributed by atoms with Crippen molar-refractivity contribution in [1.82, 2.24) is 5.32 Å². The highest BCUT2D eigenvalue weighted by atomic mass is 16.6. The van der Waals surface area contributed by atoms with Gasteiger partial charge in [-0.2, -0.15) is 0 Å². The molecule has 0 bridgehead atoms. The van der Waals surface area contributed by atoms with Gasteiger partial charge in [0.05, 0.1) is 12.1 Å². The van der Waals surface area contributed by atoms with Crippen LogP contribution in [0, 0.1) is 5.92 Å². The Bertz CT molecular complexity index is 275. The average Bonchev–Trinajstić information content (AvgIpc) is 2.27. The molecule has 106 valence electrons. The Morgan fingerprint density at radius 1 is 1.39 bits per heavy atom. The van der Waals surface area contributed by atoms with Gasteiger partial charge in [-0.1, -0.05) is 13.3 Å². The number of rotatable bonds is 3. The van der Waals surface area contributed by atoms with Gasteiger partial charge in [0, 0.05) is 0 Å². The number of ether oxygens (including phenoxy) is 1. The van der Waals surface area contributed by atoms with Gasteiger partial charge in [0.15, 0.2) is 0 Å². The fraction of sp³-hybridized carbons (Fsp3) is 0.929. The lowest BCUT2D eigenvalue weighted by atomic mass is 9.76. The van der Waals surface area contributed by atoms with E-state index in [1.807, 2.05) is 20.8 Å². The van der Waals surface area contributed by atoms with Crippen molar-refractivity contribution in [3.63, 3.8) is 0 Å². The van der Waals surface area contributed by atoms with Crippen molar-refractivity contribution in [2.75, 3.05) is 6.61 Å². The van der Waals surface area contributed by atoms with Crippen LogP contribution in [0.15, 0.2) is 0 Å². The van der Waals surface area contributed by atoms with Gasteiger partial charge in [-0.3, -0.25) is 0 Å². The number of aliphatic hydroxyl groups excluding tert-OH is 1. The third-order valence-electron chi connectivity index (χ3n) is 3.71. The van der Waals surface area contributed by atoms with Gasteiger partial charge in [-0.25, -0.2) is 4.79 Å². The summed E-state index contributed by atoms with van der Waals surface area (Å²) in [5.74, 6) is 0.727. The van der Waals surface area contributed by atoms with Crippen molar-refractivity contribution in [1.29, 1.82) is 0 Å². The predicted molar refractivity (Wildman–Crippen MR) is 71.4 cm³/mol. The Kier molecular flexibility index (Phi) is 5.02. The van der Waals surface area contributed by atoms with E-state index >= 15 is 0 Å². The number of aliphatic hydroxyl groups is 1. The highest BCUT2D eigenvalue weighted by Gasteiger charge is 2.36. The molecule has 1 amide bonds. The zero-order chi connectivity index (χ0) is 13.8. The van der Waals surface area contributed by atoms with Gasteiger partial charge in [-0.15, -0.1) is 0 Å². The van der Waals surface area contributed by atoms with Gasteiger partial charge in [0.2, 0.25) is 0 Å². The van der Waals surface area contributed by atoms with Crippen LogP contribution in [0.3, 0.4) is 0 Å². The summed E-state index contributed by atoms with van der Waals surface area (Å²) < 4.78 is 5.26. The number of alkyl carbamates (subject to hydrolysis) is 1. The van der Waals surface area contributed by atoms with Crippen LogP contribution in [0.2, 0.25) is 0 Å². The van der Waals surface area contributed by atoms with Gasteiger partial charge in [-0.05, 0) is 52.4 Å². The molecule has 0 aromatic carbocycles. The maximum atomic E-state index is 11.8. The van der Waals surface area contributed by atoms with E-state index in [1.165, 1.54) is 6.42 Å². The first-order chi connectivity index (χ1) is 8.30. The summed E-state index contributed by atoms with van der Waals surface area (Å²) in [5.41, 5.74) is -0.977. The first-order valence-electron chi connectivity index (χ1n) is 6.92. The first-order valence-corrected chi connectivity index (χ1v) is 6.92. The van der Waals surface area contributed by atoms with Crippen molar-refractivity contribution in [2.24, 2.45) is 5.92 Å². The summed E-state index contributed by atoms with van der Waals surface area (Å²) in [5, 5.41) is 12.4. The van der Waals surface area contributed by atoms with Gasteiger partial charge >= 0.3 is 6.09 Å². The third kappa shape index (κ3) is 4.48. The summed E-state index contributed by atoms with van der Waals surface area (Å²) >= 11 is 0. The Morgan fingerprint density at radius 2 is 1.94 bits per heavy atom. The van der Waals surface area contributed by atoms with Crippen molar-refractivity contribution in [3.05, 3.63) is 0 Å². The summed E-state index contributed by atoms with van der Waals surface area (Å²) in [6.07, 6.45) is 4.54. The highest BCUT2D eigenvalue weighted by molar-refractivity contribution is 5.68. The van der Waals surface area contributed by atoms with E-state index in [0.717, 1.165) is 31.6 Å². The number of amides is 1. The maximum absolute atomic E-state index is 11.8. The van der Waals surface area contributed by atoms with E-state index in [1.54, 1.807) is 0 Å². The quantitative estimate of drug-likeness (QED) is 0.817. The van der Waals surface area contributed by atoms with Crippen LogP contribution in [0.1, 0.15) is 59.8 Å². The number of carbonyl (C=O) groups is 1. The molecule has 1 rings (SSSR count). The SMILES string of the molecule is CCC1CCC(CO)(NC(=O)OC(C)(C)C)CC1. The van der Waals surface area contributed by atoms with Crippen molar-refractivity contribution in [3.8, 4) is 0 Å². The highest BCUT2D eigenvalue weighted by Crippen LogP contribution is 2.33. The number of hydrogen-bond acceptors (Lipinski definition) is 3. The first kappa shape index (κ1) is 15.3. The van der Waals surface area contributed by atoms with Crippen LogP contribution in [-0.2, 0) is 4.74 Å². The predicted octanol–water partition coefficient (Wildman–Crippen LogP) is 2.84. The Balaban J connectivity index is 2.54. The normalized spacial score (nSPS) is 28.8. The minimum Gasteiger partial charge on any atom is -0.444 e. The Morgan fingerprint density at radius 3 is 2.33 bits per heavy atom. The zero-order valence-electron chi connectivity index (χ0n) is 12.1. The van der Waals surface area contributed by atoms with Gasteiger partial charge < -0.3 is 15.2 Å². The average molecular weight is 257 g/mol. The Labute approximate surface area is 110 Å². The van der Waals surface area contributed by atoms with Crippen LogP contribution in [-0.4, -0.2) is 28.9 Å². The fourth-order valence-corrected chi connectivity index (χ4v) is 2.48. The summed E-state index contributed by atoms with van der Waals surface area (Å²) in [6, 6.07) is 0. The van der Waals surface area contributed by atoms with Crippen LogP contribution in [0.25, 0.3) is 0 Å². The lowest BCUT2D eigenvalue weighted by molar-refractivity contribution is 0.0313. The number of carbonyl (C=O) groups excluding carboxylic acids is 1. The van der Waals surface area contributed by atoms with Crippen LogP contribution in [0.4, 0.5) is 4.79 Å². The lowest BCUT2D eigenvalue weighted by Gasteiger charge is -2.39. The summed E-state index contributed by atoms with van der Waals surface area (Å²) in [6.45, 7) is 7.70. The smallest absolute Gasteiger partial charge is 0.408 e. The molecule has 4 heteroatoms. The maximum Gasteiger partial charge on any atom is 0.408 e. The van der Waals surface area contributed by atoms with E-state index in [-0.39, 0.29) is 6.61 Å². The molecule has 18 heavy (non-hydrogen) atoms. The molecule has 0 radical (unpaired) electrons. The van der Waals surface area contributed by atoms with Gasteiger partial charge in [0.1, 0.15) is 5.60 Å². The molecule has 0 heterocycles. The second-order valence-corrected chi connectivity index (χ2v) is 6.42. The van der Waals surface area contributed by atoms with Crippen molar-refractivity contribution >= 4 is 6.09 Å². The molecule has 1 fully saturated rings. The molecule has 4 nitrogen and oxygen atoms in total. The number of nitrogens with one attached hydrogen (secondary N) is 1. The topological polar surface area (TPSA) is 58.6 Å². The van der Waals surface area contributed by atoms with Crippen LogP contribution >= 0.6 is 0 Å². The molecule has 0 atom stereocenters. The van der Waals surface area contributed by atoms with E-state index in [4.69, 9.17) is 4.74 Å². The number of hydrogen-bond donors (Lipinski definition) is 2. The second kappa shape index (κ2) is 5.91. The second-order valence-electron chi connectivity index (χ2n) is 6.42. The molecule has 0 unspecified atom stereocenters. The molecule has 0 aromatic heterocycles. The molecule has 0 aliphatic heterocycles. The van der Waals surface area contributed by atoms with Gasteiger partial charge in [0.25, 0.3) is 0 Å². The largest absolute Gasteiger partial charge is 0.444 e. The molecule has 0 spiro atoms. The minimum atomic E-state index is -0.499. The summed E-state index contributed by atoms with van der Waals surface area (Å²) in [7, 11) is 0. The van der Waals surface area contributed by atoms with E-state index in [2.05, 4.69) is 12.2 Å². The zero-order valence-corrected chi connectivity index (χ0v) is 12.1. The molecule has 2 N–H and O–H groups in total. The molecular weight excluding hydrogens is 230 g/mol. The molecule has 0 saturated heterocycles. The molecule has 1 aliphatic carbocycles. The van der Waals surface area contributed by atoms with Crippen LogP contribution < -0.4 is 5.32 Å². The Hall–Kier alpha value is -0.770. The standard InChI is InChI=1S/C14H27NO3/c1-5-11-6-8-14(10-16,9-7-11)15-12(17)18-13(2,3)4/h11,16H,5-10H2,1-4H3,(H,15,17). The van der Waals surface area contributed by atoms with E-state index in [0.29, 0.717) is 0 Å². The minimum absolute atomic E-state index is 0.0112. The monoisotopic (exact) mass is 257 g/mol. The molecular formula is C14H27NO3. The third-order valence-corrected chi connectivity index (χ3v) is 3.71. The van der Waals surface area contributed by atoms with E-state index in [9.17, 15) is 9.90 Å². The van der Waals surface area contributed by atoms with Crippen molar-refractivity contribution in [2.45, 2.75) is 70.9 Å². The van der Waals surface area contributed by atoms with Crippen LogP contribution in [0.5, 0.6) is 0 Å². The lowest BCUT2D eigenvalue weighted by Crippen LogP contribution is -2.54.